The smallest absolute Gasteiger partial charge is 0.315 e. The lowest BCUT2D eigenvalue weighted by molar-refractivity contribution is -0.139. The van der Waals surface area contributed by atoms with E-state index in [0.717, 1.165) is 5.56 Å². The van der Waals surface area contributed by atoms with Crippen LogP contribution in [0.15, 0.2) is 24.3 Å². The fourth-order valence-electron chi connectivity index (χ4n) is 1.88. The van der Waals surface area contributed by atoms with Gasteiger partial charge in [0, 0.05) is 0 Å². The minimum absolute atomic E-state index is 0.130. The Morgan fingerprint density at radius 1 is 1.32 bits per heavy atom. The summed E-state index contributed by atoms with van der Waals surface area (Å²) in [5.74, 6) is 0.249. The second-order valence-corrected chi connectivity index (χ2v) is 7.17. The van der Waals surface area contributed by atoms with Gasteiger partial charge in [0.25, 0.3) is 0 Å². The molecule has 0 aliphatic carbocycles. The SMILES string of the molecule is CCOC(=O)CS[C@@H](C)C(=O)Nc1nnc(-c2ccccc2OC)s1. The van der Waals surface area contributed by atoms with Crippen LogP contribution in [0.3, 0.4) is 0 Å². The number of anilines is 1. The van der Waals surface area contributed by atoms with Crippen LogP contribution in [0, 0.1) is 0 Å². The summed E-state index contributed by atoms with van der Waals surface area (Å²) in [6, 6.07) is 7.46. The summed E-state index contributed by atoms with van der Waals surface area (Å²) in [4.78, 5) is 23.5. The molecule has 1 aromatic heterocycles. The summed E-state index contributed by atoms with van der Waals surface area (Å²) in [5, 5.41) is 11.4. The fourth-order valence-corrected chi connectivity index (χ4v) is 3.34. The van der Waals surface area contributed by atoms with Crippen molar-refractivity contribution >= 4 is 40.1 Å². The predicted molar refractivity (Wildman–Crippen MR) is 99.1 cm³/mol. The number of rotatable bonds is 8. The van der Waals surface area contributed by atoms with Crippen molar-refractivity contribution in [1.82, 2.24) is 10.2 Å². The molecule has 0 aliphatic rings. The third-order valence-electron chi connectivity index (χ3n) is 3.12. The van der Waals surface area contributed by atoms with Gasteiger partial charge in [0.15, 0.2) is 5.01 Å². The Balaban J connectivity index is 1.96. The van der Waals surface area contributed by atoms with Crippen molar-refractivity contribution in [3.8, 4) is 16.3 Å². The maximum Gasteiger partial charge on any atom is 0.315 e. The van der Waals surface area contributed by atoms with E-state index in [1.165, 1.54) is 23.1 Å². The number of aromatic nitrogens is 2. The number of benzene rings is 1. The molecule has 0 spiro atoms. The van der Waals surface area contributed by atoms with E-state index in [1.807, 2.05) is 24.3 Å². The average Bonchev–Trinajstić information content (AvgIpc) is 3.08. The summed E-state index contributed by atoms with van der Waals surface area (Å²) >= 11 is 2.47. The molecule has 1 aromatic carbocycles. The van der Waals surface area contributed by atoms with Crippen molar-refractivity contribution in [2.45, 2.75) is 19.1 Å². The average molecular weight is 381 g/mol. The molecule has 1 atom stereocenters. The number of methoxy groups -OCH3 is 1. The van der Waals surface area contributed by atoms with Crippen LogP contribution in [0.25, 0.3) is 10.6 Å². The molecule has 1 heterocycles. The van der Waals surface area contributed by atoms with E-state index in [1.54, 1.807) is 21.0 Å². The van der Waals surface area contributed by atoms with Gasteiger partial charge in [0.05, 0.1) is 30.3 Å². The molecule has 25 heavy (non-hydrogen) atoms. The maximum absolute atomic E-state index is 12.2. The molecular formula is C16H19N3O4S2. The summed E-state index contributed by atoms with van der Waals surface area (Å²) in [6.45, 7) is 3.80. The second-order valence-electron chi connectivity index (χ2n) is 4.86. The largest absolute Gasteiger partial charge is 0.496 e. The Morgan fingerprint density at radius 3 is 2.80 bits per heavy atom. The van der Waals surface area contributed by atoms with E-state index >= 15 is 0 Å². The molecule has 1 amide bonds. The zero-order valence-corrected chi connectivity index (χ0v) is 15.8. The minimum atomic E-state index is -0.414. The number of esters is 1. The molecular weight excluding hydrogens is 362 g/mol. The summed E-state index contributed by atoms with van der Waals surface area (Å²) in [7, 11) is 1.59. The molecule has 0 bridgehead atoms. The van der Waals surface area contributed by atoms with Crippen molar-refractivity contribution in [2.24, 2.45) is 0 Å². The first kappa shape index (κ1) is 19.2. The van der Waals surface area contributed by atoms with Crippen LogP contribution in [-0.4, -0.2) is 46.8 Å². The number of nitrogens with zero attached hydrogens (tertiary/aromatic N) is 2. The quantitative estimate of drug-likeness (QED) is 0.703. The monoisotopic (exact) mass is 381 g/mol. The highest BCUT2D eigenvalue weighted by Gasteiger charge is 2.18. The highest BCUT2D eigenvalue weighted by atomic mass is 32.2. The van der Waals surface area contributed by atoms with E-state index < -0.39 is 5.25 Å². The number of hydrogen-bond donors (Lipinski definition) is 1. The van der Waals surface area contributed by atoms with Gasteiger partial charge in [-0.1, -0.05) is 23.5 Å². The van der Waals surface area contributed by atoms with Crippen LogP contribution in [-0.2, 0) is 14.3 Å². The van der Waals surface area contributed by atoms with E-state index in [0.29, 0.717) is 22.5 Å². The summed E-state index contributed by atoms with van der Waals surface area (Å²) in [6.07, 6.45) is 0. The van der Waals surface area contributed by atoms with Gasteiger partial charge in [-0.25, -0.2) is 0 Å². The van der Waals surface area contributed by atoms with Crippen LogP contribution in [0.4, 0.5) is 5.13 Å². The van der Waals surface area contributed by atoms with Crippen molar-refractivity contribution in [2.75, 3.05) is 24.8 Å². The first-order chi connectivity index (χ1) is 12.0. The van der Waals surface area contributed by atoms with Gasteiger partial charge < -0.3 is 9.47 Å². The Kier molecular flexibility index (Phi) is 7.20. The minimum Gasteiger partial charge on any atom is -0.496 e. The number of nitrogens with one attached hydrogen (secondary N) is 1. The Bertz CT molecular complexity index is 736. The highest BCUT2D eigenvalue weighted by molar-refractivity contribution is 8.01. The van der Waals surface area contributed by atoms with E-state index in [2.05, 4.69) is 15.5 Å². The summed E-state index contributed by atoms with van der Waals surface area (Å²) < 4.78 is 10.1. The molecule has 134 valence electrons. The molecule has 7 nitrogen and oxygen atoms in total. The lowest BCUT2D eigenvalue weighted by Crippen LogP contribution is -2.24. The van der Waals surface area contributed by atoms with Crippen LogP contribution < -0.4 is 10.1 Å². The lowest BCUT2D eigenvalue weighted by Gasteiger charge is -2.09. The van der Waals surface area contributed by atoms with Gasteiger partial charge in [-0.2, -0.15) is 0 Å². The zero-order valence-electron chi connectivity index (χ0n) is 14.1. The zero-order chi connectivity index (χ0) is 18.2. The lowest BCUT2D eigenvalue weighted by atomic mass is 10.2. The topological polar surface area (TPSA) is 90.4 Å². The number of thioether (sulfide) groups is 1. The number of hydrogen-bond acceptors (Lipinski definition) is 8. The Hall–Kier alpha value is -2.13. The highest BCUT2D eigenvalue weighted by Crippen LogP contribution is 2.33. The molecule has 2 rings (SSSR count). The third-order valence-corrected chi connectivity index (χ3v) is 5.11. The summed E-state index contributed by atoms with van der Waals surface area (Å²) in [5.41, 5.74) is 0.813. The molecule has 0 saturated carbocycles. The van der Waals surface area contributed by atoms with Crippen molar-refractivity contribution < 1.29 is 19.1 Å². The Morgan fingerprint density at radius 2 is 2.08 bits per heavy atom. The number of amides is 1. The molecule has 2 aromatic rings. The first-order valence-corrected chi connectivity index (χ1v) is 9.46. The van der Waals surface area contributed by atoms with Crippen molar-refractivity contribution in [1.29, 1.82) is 0 Å². The van der Waals surface area contributed by atoms with Gasteiger partial charge >= 0.3 is 5.97 Å². The first-order valence-electron chi connectivity index (χ1n) is 7.60. The molecule has 0 saturated heterocycles. The molecule has 0 radical (unpaired) electrons. The normalized spacial score (nSPS) is 11.6. The molecule has 0 aliphatic heterocycles. The molecule has 0 fully saturated rings. The van der Waals surface area contributed by atoms with Crippen LogP contribution in [0.1, 0.15) is 13.8 Å². The van der Waals surface area contributed by atoms with Gasteiger partial charge in [-0.3, -0.25) is 14.9 Å². The third kappa shape index (κ3) is 5.43. The molecule has 1 N–H and O–H groups in total. The molecule has 9 heteroatoms. The van der Waals surface area contributed by atoms with E-state index in [-0.39, 0.29) is 17.6 Å². The van der Waals surface area contributed by atoms with Crippen molar-refractivity contribution in [3.63, 3.8) is 0 Å². The van der Waals surface area contributed by atoms with E-state index in [9.17, 15) is 9.59 Å². The van der Waals surface area contributed by atoms with Crippen LogP contribution in [0.5, 0.6) is 5.75 Å². The van der Waals surface area contributed by atoms with Gasteiger partial charge in [-0.15, -0.1) is 22.0 Å². The number of carbonyl (C=O) groups is 2. The van der Waals surface area contributed by atoms with Gasteiger partial charge in [0.2, 0.25) is 11.0 Å². The number of carbonyl (C=O) groups excluding carboxylic acids is 2. The second kappa shape index (κ2) is 9.38. The molecule has 0 unspecified atom stereocenters. The van der Waals surface area contributed by atoms with E-state index in [4.69, 9.17) is 9.47 Å². The van der Waals surface area contributed by atoms with Crippen LogP contribution in [0.2, 0.25) is 0 Å². The maximum atomic E-state index is 12.2. The van der Waals surface area contributed by atoms with Gasteiger partial charge in [-0.05, 0) is 26.0 Å². The fraction of sp³-hybridized carbons (Fsp3) is 0.375. The van der Waals surface area contributed by atoms with Crippen molar-refractivity contribution in [3.05, 3.63) is 24.3 Å². The Labute approximate surface area is 154 Å². The van der Waals surface area contributed by atoms with Gasteiger partial charge in [0.1, 0.15) is 5.75 Å². The number of para-hydroxylation sites is 1. The predicted octanol–water partition coefficient (Wildman–Crippen LogP) is 2.84. The van der Waals surface area contributed by atoms with Crippen LogP contribution >= 0.6 is 23.1 Å². The number of ether oxygens (including phenoxy) is 2. The standard InChI is InChI=1S/C16H19N3O4S2/c1-4-23-13(20)9-24-10(2)14(21)17-16-19-18-15(25-16)11-7-5-6-8-12(11)22-3/h5-8,10H,4,9H2,1-3H3,(H,17,19,21)/t10-/m0/s1.